The number of ether oxygens (including phenoxy) is 1. The molecule has 0 bridgehead atoms. The lowest BCUT2D eigenvalue weighted by Crippen LogP contribution is -2.34. The summed E-state index contributed by atoms with van der Waals surface area (Å²) in [6, 6.07) is 21.3. The first-order chi connectivity index (χ1) is 13.0. The van der Waals surface area contributed by atoms with Crippen LogP contribution in [0.4, 0.5) is 10.5 Å². The van der Waals surface area contributed by atoms with Gasteiger partial charge >= 0.3 is 6.09 Å². The van der Waals surface area contributed by atoms with E-state index >= 15 is 0 Å². The first-order valence-electron chi connectivity index (χ1n) is 8.46. The topological polar surface area (TPSA) is 84.5 Å². The molecule has 0 spiro atoms. The summed E-state index contributed by atoms with van der Waals surface area (Å²) in [6.45, 7) is 1.59. The second kappa shape index (κ2) is 8.20. The van der Waals surface area contributed by atoms with Crippen molar-refractivity contribution in [3.63, 3.8) is 0 Å². The third-order valence-corrected chi connectivity index (χ3v) is 5.39. The Kier molecular flexibility index (Phi) is 5.73. The van der Waals surface area contributed by atoms with Crippen LogP contribution >= 0.6 is 0 Å². The van der Waals surface area contributed by atoms with Crippen molar-refractivity contribution < 1.29 is 17.9 Å². The zero-order valence-corrected chi connectivity index (χ0v) is 15.6. The molecule has 0 aliphatic rings. The summed E-state index contributed by atoms with van der Waals surface area (Å²) in [5, 5.41) is 4.60. The minimum Gasteiger partial charge on any atom is -0.445 e. The molecule has 7 heteroatoms. The van der Waals surface area contributed by atoms with Crippen molar-refractivity contribution in [1.82, 2.24) is 4.72 Å². The fourth-order valence-corrected chi connectivity index (χ4v) is 3.74. The Balaban J connectivity index is 1.58. The van der Waals surface area contributed by atoms with Crippen molar-refractivity contribution in [2.75, 3.05) is 11.9 Å². The lowest BCUT2D eigenvalue weighted by Gasteiger charge is -2.15. The molecule has 0 fully saturated rings. The minimum atomic E-state index is -3.64. The van der Waals surface area contributed by atoms with E-state index in [1.54, 1.807) is 31.2 Å². The number of anilines is 1. The zero-order valence-electron chi connectivity index (χ0n) is 14.8. The van der Waals surface area contributed by atoms with E-state index in [4.69, 9.17) is 4.74 Å². The van der Waals surface area contributed by atoms with Crippen molar-refractivity contribution in [3.05, 3.63) is 72.8 Å². The first kappa shape index (κ1) is 18.9. The van der Waals surface area contributed by atoms with Gasteiger partial charge in [0.25, 0.3) is 0 Å². The lowest BCUT2D eigenvalue weighted by molar-refractivity contribution is 0.122. The molecule has 6 nitrogen and oxygen atoms in total. The summed E-state index contributed by atoms with van der Waals surface area (Å²) in [7, 11) is -3.64. The first-order valence-corrected chi connectivity index (χ1v) is 9.94. The molecule has 3 aromatic rings. The number of carbonyl (C=O) groups excluding carboxylic acids is 1. The standard InChI is InChI=1S/C20H20N2O4S/c1-15(14-21-27(24,25)17-10-3-2-4-11-17)26-20(23)22-19-13-7-9-16-8-5-6-12-18(16)19/h2-13,15,21H,14H2,1H3,(H,22,23). The monoisotopic (exact) mass is 384 g/mol. The van der Waals surface area contributed by atoms with E-state index < -0.39 is 22.2 Å². The molecule has 0 aliphatic carbocycles. The summed E-state index contributed by atoms with van der Waals surface area (Å²) < 4.78 is 32.1. The number of nitrogens with one attached hydrogen (secondary N) is 2. The number of sulfonamides is 1. The fraction of sp³-hybridized carbons (Fsp3) is 0.150. The Morgan fingerprint density at radius 3 is 2.41 bits per heavy atom. The molecular formula is C20H20N2O4S. The van der Waals surface area contributed by atoms with Crippen LogP contribution in [0.3, 0.4) is 0 Å². The van der Waals surface area contributed by atoms with E-state index in [0.717, 1.165) is 10.8 Å². The fourth-order valence-electron chi connectivity index (χ4n) is 2.61. The molecule has 0 radical (unpaired) electrons. The molecule has 1 unspecified atom stereocenters. The summed E-state index contributed by atoms with van der Waals surface area (Å²) in [4.78, 5) is 12.3. The molecule has 0 aliphatic heterocycles. The summed E-state index contributed by atoms with van der Waals surface area (Å²) in [5.41, 5.74) is 0.634. The Morgan fingerprint density at radius 2 is 1.63 bits per heavy atom. The molecule has 3 rings (SSSR count). The van der Waals surface area contributed by atoms with Crippen LogP contribution in [0.1, 0.15) is 6.92 Å². The third-order valence-electron chi connectivity index (χ3n) is 3.95. The van der Waals surface area contributed by atoms with Crippen molar-refractivity contribution in [1.29, 1.82) is 0 Å². The van der Waals surface area contributed by atoms with Gasteiger partial charge in [-0.1, -0.05) is 54.6 Å². The number of amides is 1. The maximum Gasteiger partial charge on any atom is 0.411 e. The van der Waals surface area contributed by atoms with Crippen molar-refractivity contribution in [2.45, 2.75) is 17.9 Å². The smallest absolute Gasteiger partial charge is 0.411 e. The number of benzene rings is 3. The van der Waals surface area contributed by atoms with Crippen LogP contribution in [0, 0.1) is 0 Å². The van der Waals surface area contributed by atoms with E-state index in [-0.39, 0.29) is 11.4 Å². The van der Waals surface area contributed by atoms with Crippen LogP contribution in [0.15, 0.2) is 77.7 Å². The molecule has 1 atom stereocenters. The second-order valence-electron chi connectivity index (χ2n) is 6.03. The minimum absolute atomic E-state index is 0.0276. The van der Waals surface area contributed by atoms with Crippen molar-refractivity contribution in [3.8, 4) is 0 Å². The van der Waals surface area contributed by atoms with Gasteiger partial charge < -0.3 is 4.74 Å². The van der Waals surface area contributed by atoms with Crippen molar-refractivity contribution in [2.24, 2.45) is 0 Å². The van der Waals surface area contributed by atoms with Crippen LogP contribution in [0.2, 0.25) is 0 Å². The number of fused-ring (bicyclic) bond motifs is 1. The molecular weight excluding hydrogens is 364 g/mol. The molecule has 0 aromatic heterocycles. The molecule has 0 heterocycles. The van der Waals surface area contributed by atoms with Gasteiger partial charge in [-0.15, -0.1) is 0 Å². The van der Waals surface area contributed by atoms with E-state index in [1.807, 2.05) is 36.4 Å². The summed E-state index contributed by atoms with van der Waals surface area (Å²) >= 11 is 0. The third kappa shape index (κ3) is 4.84. The van der Waals surface area contributed by atoms with Gasteiger partial charge in [-0.3, -0.25) is 5.32 Å². The molecule has 1 amide bonds. The highest BCUT2D eigenvalue weighted by molar-refractivity contribution is 7.89. The number of rotatable bonds is 6. The molecule has 0 saturated heterocycles. The molecule has 27 heavy (non-hydrogen) atoms. The maximum atomic E-state index is 12.2. The van der Waals surface area contributed by atoms with Crippen LogP contribution in [-0.4, -0.2) is 27.2 Å². The van der Waals surface area contributed by atoms with E-state index in [1.165, 1.54) is 12.1 Å². The number of carbonyl (C=O) groups is 1. The lowest BCUT2D eigenvalue weighted by atomic mass is 10.1. The van der Waals surface area contributed by atoms with Gasteiger partial charge in [0.2, 0.25) is 10.0 Å². The van der Waals surface area contributed by atoms with Gasteiger partial charge in [0, 0.05) is 11.9 Å². The molecule has 2 N–H and O–H groups in total. The van der Waals surface area contributed by atoms with E-state index in [9.17, 15) is 13.2 Å². The maximum absolute atomic E-state index is 12.2. The highest BCUT2D eigenvalue weighted by Gasteiger charge is 2.17. The summed E-state index contributed by atoms with van der Waals surface area (Å²) in [5.74, 6) is 0. The second-order valence-corrected chi connectivity index (χ2v) is 7.80. The zero-order chi connectivity index (χ0) is 19.3. The largest absolute Gasteiger partial charge is 0.445 e. The molecule has 0 saturated carbocycles. The number of hydrogen-bond acceptors (Lipinski definition) is 4. The predicted octanol–water partition coefficient (Wildman–Crippen LogP) is 3.76. The Labute approximate surface area is 158 Å². The average molecular weight is 384 g/mol. The molecule has 3 aromatic carbocycles. The van der Waals surface area contributed by atoms with Crippen LogP contribution in [0.5, 0.6) is 0 Å². The Bertz CT molecular complexity index is 1030. The molecule has 140 valence electrons. The SMILES string of the molecule is CC(CNS(=O)(=O)c1ccccc1)OC(=O)Nc1cccc2ccccc12. The average Bonchev–Trinajstić information content (AvgIpc) is 2.67. The van der Waals surface area contributed by atoms with Crippen LogP contribution in [0.25, 0.3) is 10.8 Å². The normalized spacial score (nSPS) is 12.5. The van der Waals surface area contributed by atoms with Gasteiger partial charge in [0.1, 0.15) is 6.10 Å². The van der Waals surface area contributed by atoms with E-state index in [0.29, 0.717) is 5.69 Å². The van der Waals surface area contributed by atoms with Gasteiger partial charge in [-0.05, 0) is 30.5 Å². The number of hydrogen-bond donors (Lipinski definition) is 2. The van der Waals surface area contributed by atoms with Gasteiger partial charge in [-0.2, -0.15) is 0 Å². The Hall–Kier alpha value is -2.90. The van der Waals surface area contributed by atoms with E-state index in [2.05, 4.69) is 10.0 Å². The summed E-state index contributed by atoms with van der Waals surface area (Å²) in [6.07, 6.45) is -1.28. The predicted molar refractivity (Wildman–Crippen MR) is 105 cm³/mol. The quantitative estimate of drug-likeness (QED) is 0.678. The van der Waals surface area contributed by atoms with Crippen LogP contribution in [-0.2, 0) is 14.8 Å². The van der Waals surface area contributed by atoms with Crippen molar-refractivity contribution >= 4 is 32.6 Å². The van der Waals surface area contributed by atoms with Gasteiger partial charge in [0.15, 0.2) is 0 Å². The van der Waals surface area contributed by atoms with Gasteiger partial charge in [0.05, 0.1) is 10.6 Å². The van der Waals surface area contributed by atoms with Crippen LogP contribution < -0.4 is 10.0 Å². The van der Waals surface area contributed by atoms with Gasteiger partial charge in [-0.25, -0.2) is 17.9 Å². The highest BCUT2D eigenvalue weighted by Crippen LogP contribution is 2.23. The highest BCUT2D eigenvalue weighted by atomic mass is 32.2. The Morgan fingerprint density at radius 1 is 0.963 bits per heavy atom.